The van der Waals surface area contributed by atoms with E-state index in [4.69, 9.17) is 28.2 Å². The van der Waals surface area contributed by atoms with Gasteiger partial charge in [-0.2, -0.15) is 0 Å². The SMILES string of the molecule is CC(=O)N(CC(CC(=O)OC(C)(C)C)O[Si](C)(C)C(C)(C)C)C[C@H](NC(=O)Cc1cccs1)B1O[C@@H]2C[C@@H]3C[C@@H](C3(C)C)[C@]2(C)O1.CC(=O)N1CC(CC(=O)O)OB(O)[C@@H](NC(=O)Cc2cccs2)C1. The molecule has 4 heterocycles. The number of rotatable bonds is 17. The summed E-state index contributed by atoms with van der Waals surface area (Å²) in [7, 11) is -4.44. The number of carboxylic acid groups (broad SMARTS) is 1. The maximum Gasteiger partial charge on any atom is 0.483 e. The number of carboxylic acids is 1. The molecule has 7 rings (SSSR count). The topological polar surface area (TPSA) is 220 Å². The molecule has 5 aliphatic rings. The van der Waals surface area contributed by atoms with Gasteiger partial charge in [-0.15, -0.1) is 22.7 Å². The maximum absolute atomic E-state index is 13.4. The third-order valence-corrected chi connectivity index (χ3v) is 20.8. The van der Waals surface area contributed by atoms with E-state index in [1.54, 1.807) is 4.90 Å². The highest BCUT2D eigenvalue weighted by atomic mass is 32.1. The molecule has 22 heteroatoms. The zero-order valence-electron chi connectivity index (χ0n) is 43.3. The van der Waals surface area contributed by atoms with Gasteiger partial charge in [-0.25, -0.2) is 0 Å². The molecular formula is C48H76B2N4O13S2Si. The van der Waals surface area contributed by atoms with E-state index in [0.717, 1.165) is 22.6 Å². The Labute approximate surface area is 423 Å². The summed E-state index contributed by atoms with van der Waals surface area (Å²) >= 11 is 2.98. The first-order chi connectivity index (χ1) is 32.4. The minimum absolute atomic E-state index is 0.0116. The molecule has 0 radical (unpaired) electrons. The smallest absolute Gasteiger partial charge is 0.481 e. The molecule has 2 aliphatic heterocycles. The van der Waals surface area contributed by atoms with Gasteiger partial charge in [-0.05, 0) is 98.8 Å². The third-order valence-electron chi connectivity index (χ3n) is 14.6. The molecule has 5 fully saturated rings. The number of hydrogen-bond acceptors (Lipinski definition) is 14. The van der Waals surface area contributed by atoms with Gasteiger partial charge in [0.1, 0.15) is 5.60 Å². The molecule has 0 aromatic carbocycles. The van der Waals surface area contributed by atoms with Gasteiger partial charge in [0, 0.05) is 49.8 Å². The first kappa shape index (κ1) is 57.3. The van der Waals surface area contributed by atoms with Crippen molar-refractivity contribution in [3.63, 3.8) is 0 Å². The molecule has 2 aromatic heterocycles. The number of nitrogens with one attached hydrogen (secondary N) is 2. The Balaban J connectivity index is 0.000000319. The summed E-state index contributed by atoms with van der Waals surface area (Å²) in [5.74, 6) is -2.88. The fourth-order valence-corrected chi connectivity index (χ4v) is 12.5. The second-order valence-corrected chi connectivity index (χ2v) is 29.4. The minimum atomic E-state index is -2.34. The Bertz CT molecular complexity index is 2140. The maximum atomic E-state index is 13.4. The van der Waals surface area contributed by atoms with Gasteiger partial charge in [0.2, 0.25) is 23.6 Å². The number of esters is 1. The first-order valence-electron chi connectivity index (χ1n) is 24.3. The zero-order valence-corrected chi connectivity index (χ0v) is 46.0. The number of thiophene rings is 2. The van der Waals surface area contributed by atoms with E-state index in [-0.39, 0.29) is 98.0 Å². The Morgan fingerprint density at radius 1 is 0.929 bits per heavy atom. The van der Waals surface area contributed by atoms with Crippen LogP contribution >= 0.6 is 22.7 Å². The van der Waals surface area contributed by atoms with Crippen molar-refractivity contribution in [1.82, 2.24) is 20.4 Å². The Hall–Kier alpha value is -3.63. The highest BCUT2D eigenvalue weighted by Crippen LogP contribution is 2.65. The van der Waals surface area contributed by atoms with Crippen molar-refractivity contribution in [3.8, 4) is 0 Å². The van der Waals surface area contributed by atoms with Crippen molar-refractivity contribution < 1.29 is 62.0 Å². The second kappa shape index (κ2) is 23.1. The van der Waals surface area contributed by atoms with Gasteiger partial charge in [-0.1, -0.05) is 46.8 Å². The monoisotopic (exact) mass is 1030 g/mol. The van der Waals surface area contributed by atoms with Gasteiger partial charge in [0.15, 0.2) is 8.32 Å². The van der Waals surface area contributed by atoms with E-state index in [9.17, 15) is 33.8 Å². The molecule has 2 saturated heterocycles. The lowest BCUT2D eigenvalue weighted by Gasteiger charge is -2.64. The third kappa shape index (κ3) is 15.2. The fraction of sp³-hybridized carbons (Fsp3) is 0.708. The fourth-order valence-electron chi connectivity index (χ4n) is 9.71. The zero-order chi connectivity index (χ0) is 52.1. The highest BCUT2D eigenvalue weighted by Gasteiger charge is 2.68. The number of nitrogens with zero attached hydrogens (tertiary/aromatic N) is 2. The Morgan fingerprint density at radius 3 is 2.06 bits per heavy atom. The molecule has 70 heavy (non-hydrogen) atoms. The van der Waals surface area contributed by atoms with Crippen LogP contribution in [-0.4, -0.2) is 146 Å². The van der Waals surface area contributed by atoms with E-state index < -0.39 is 63.8 Å². The summed E-state index contributed by atoms with van der Waals surface area (Å²) in [6.45, 7) is 26.3. The van der Waals surface area contributed by atoms with E-state index in [0.29, 0.717) is 11.8 Å². The summed E-state index contributed by atoms with van der Waals surface area (Å²) in [5, 5.41) is 28.6. The molecule has 388 valence electrons. The van der Waals surface area contributed by atoms with Crippen LogP contribution < -0.4 is 10.6 Å². The number of aliphatic carboxylic acids is 1. The van der Waals surface area contributed by atoms with Crippen molar-refractivity contribution >= 4 is 80.8 Å². The second-order valence-electron chi connectivity index (χ2n) is 22.6. The number of amides is 4. The predicted octanol–water partition coefficient (Wildman–Crippen LogP) is 5.53. The average Bonchev–Trinajstić information content (AvgIpc) is 3.98. The summed E-state index contributed by atoms with van der Waals surface area (Å²) < 4.78 is 31.2. The molecule has 4 amide bonds. The van der Waals surface area contributed by atoms with Crippen molar-refractivity contribution in [1.29, 1.82) is 0 Å². The van der Waals surface area contributed by atoms with Crippen LogP contribution in [0.3, 0.4) is 0 Å². The summed E-state index contributed by atoms with van der Waals surface area (Å²) in [6.07, 6.45) is 0.617. The van der Waals surface area contributed by atoms with Crippen molar-refractivity contribution in [2.45, 2.75) is 174 Å². The van der Waals surface area contributed by atoms with Crippen LogP contribution in [0, 0.1) is 17.3 Å². The van der Waals surface area contributed by atoms with Gasteiger partial charge in [-0.3, -0.25) is 28.8 Å². The van der Waals surface area contributed by atoms with Gasteiger partial charge in [0.25, 0.3) is 0 Å². The van der Waals surface area contributed by atoms with E-state index >= 15 is 0 Å². The number of ether oxygens (including phenoxy) is 1. The average molecular weight is 1030 g/mol. The van der Waals surface area contributed by atoms with Crippen LogP contribution in [0.2, 0.25) is 18.1 Å². The largest absolute Gasteiger partial charge is 0.483 e. The minimum Gasteiger partial charge on any atom is -0.481 e. The molecule has 2 aromatic rings. The number of carbonyl (C=O) groups is 6. The van der Waals surface area contributed by atoms with E-state index in [2.05, 4.69) is 65.3 Å². The summed E-state index contributed by atoms with van der Waals surface area (Å²) in [4.78, 5) is 79.3. The summed E-state index contributed by atoms with van der Waals surface area (Å²) in [6, 6.07) is 7.53. The molecule has 2 unspecified atom stereocenters. The van der Waals surface area contributed by atoms with E-state index in [1.807, 2.05) is 55.8 Å². The van der Waals surface area contributed by atoms with Crippen LogP contribution in [-0.2, 0) is 64.7 Å². The van der Waals surface area contributed by atoms with Gasteiger partial charge in [0.05, 0.1) is 61.5 Å². The molecule has 8 atom stereocenters. The molecule has 17 nitrogen and oxygen atoms in total. The normalized spacial score (nSPS) is 24.9. The lowest BCUT2D eigenvalue weighted by atomic mass is 9.43. The molecule has 0 spiro atoms. The highest BCUT2D eigenvalue weighted by molar-refractivity contribution is 7.10. The number of hydrogen-bond donors (Lipinski definition) is 4. The van der Waals surface area contributed by atoms with Gasteiger partial charge >= 0.3 is 26.2 Å². The molecule has 3 aliphatic carbocycles. The number of carbonyl (C=O) groups excluding carboxylic acids is 5. The van der Waals surface area contributed by atoms with Crippen LogP contribution in [0.25, 0.3) is 0 Å². The molecular weight excluding hydrogens is 954 g/mol. The molecule has 4 N–H and O–H groups in total. The van der Waals surface area contributed by atoms with Crippen LogP contribution in [0.5, 0.6) is 0 Å². The molecule has 2 bridgehead atoms. The van der Waals surface area contributed by atoms with Crippen LogP contribution in [0.15, 0.2) is 35.0 Å². The Morgan fingerprint density at radius 2 is 1.54 bits per heavy atom. The first-order valence-corrected chi connectivity index (χ1v) is 29.0. The van der Waals surface area contributed by atoms with Crippen LogP contribution in [0.4, 0.5) is 0 Å². The lowest BCUT2D eigenvalue weighted by molar-refractivity contribution is -0.199. The van der Waals surface area contributed by atoms with Crippen molar-refractivity contribution in [2.24, 2.45) is 17.3 Å². The van der Waals surface area contributed by atoms with Crippen LogP contribution in [0.1, 0.15) is 112 Å². The van der Waals surface area contributed by atoms with Gasteiger partial charge < -0.3 is 53.7 Å². The quantitative estimate of drug-likeness (QED) is 0.113. The lowest BCUT2D eigenvalue weighted by Crippen LogP contribution is -2.65. The van der Waals surface area contributed by atoms with Crippen molar-refractivity contribution in [3.05, 3.63) is 44.8 Å². The summed E-state index contributed by atoms with van der Waals surface area (Å²) in [5.41, 5.74) is -0.940. The van der Waals surface area contributed by atoms with E-state index in [1.165, 1.54) is 41.4 Å². The van der Waals surface area contributed by atoms with Crippen molar-refractivity contribution in [2.75, 3.05) is 26.2 Å². The molecule has 3 saturated carbocycles. The Kier molecular flexibility index (Phi) is 18.9. The standard InChI is InChI=1S/C34H57BN2O7SSi.C14H19BN2O6S/c1-22(38)37(20-24(18-30(40)41-31(2,3)4)43-46(11,12)32(5,6)7)21-28(36-29(39)19-25-14-13-15-45-25)35-42-27-17-23-16-26(33(23,8)9)34(27,10)44-35;1-9(18)17-7-10(5-14(20)21)23-15(22)12(8-17)16-13(19)6-11-3-2-4-24-11/h13-15,23-24,26-28H,16-21H2,1-12H3,(H,36,39);2-4,10,12,22H,5-8H2,1H3,(H,16,19)(H,20,21)/t23-,24?,26-,27+,28-,34-;10?,12-/m00/s1. The predicted molar refractivity (Wildman–Crippen MR) is 272 cm³/mol.